The van der Waals surface area contributed by atoms with Crippen LogP contribution in [0.4, 0.5) is 0 Å². The van der Waals surface area contributed by atoms with E-state index in [0.717, 1.165) is 0 Å². The number of carbonyl (C=O) groups is 2. The van der Waals surface area contributed by atoms with Gasteiger partial charge in [-0.05, 0) is 0 Å². The summed E-state index contributed by atoms with van der Waals surface area (Å²) in [5.41, 5.74) is 1.60. The van der Waals surface area contributed by atoms with E-state index in [9.17, 15) is 9.59 Å². The molecular weight excluding hydrogens is 222 g/mol. The summed E-state index contributed by atoms with van der Waals surface area (Å²) >= 11 is 0. The molecule has 6 heteroatoms. The highest BCUT2D eigenvalue weighted by molar-refractivity contribution is 5.77. The van der Waals surface area contributed by atoms with E-state index in [1.807, 2.05) is 25.7 Å². The minimum absolute atomic E-state index is 0.154. The first kappa shape index (κ1) is 15.9. The van der Waals surface area contributed by atoms with Crippen LogP contribution < -0.4 is 5.48 Å². The van der Waals surface area contributed by atoms with Crippen LogP contribution in [-0.4, -0.2) is 59.5 Å². The summed E-state index contributed by atoms with van der Waals surface area (Å²) in [7, 11) is 0. The van der Waals surface area contributed by atoms with Gasteiger partial charge in [-0.2, -0.15) is 0 Å². The molecule has 0 spiro atoms. The first-order chi connectivity index (χ1) is 8.17. The molecule has 2 amide bonds. The van der Waals surface area contributed by atoms with Gasteiger partial charge in [0.15, 0.2) is 0 Å². The van der Waals surface area contributed by atoms with Gasteiger partial charge in [-0.15, -0.1) is 0 Å². The third kappa shape index (κ3) is 5.65. The van der Waals surface area contributed by atoms with Gasteiger partial charge < -0.3 is 4.90 Å². The quantitative estimate of drug-likeness (QED) is 0.545. The Morgan fingerprint density at radius 2 is 1.71 bits per heavy atom. The summed E-state index contributed by atoms with van der Waals surface area (Å²) in [6.07, 6.45) is 0.525. The lowest BCUT2D eigenvalue weighted by Crippen LogP contribution is -2.50. The van der Waals surface area contributed by atoms with Crippen molar-refractivity contribution in [1.82, 2.24) is 15.3 Å². The second-order valence-electron chi connectivity index (χ2n) is 3.55. The van der Waals surface area contributed by atoms with Gasteiger partial charge in [-0.3, -0.25) is 19.7 Å². The van der Waals surface area contributed by atoms with Crippen LogP contribution in [0.15, 0.2) is 0 Å². The van der Waals surface area contributed by atoms with E-state index in [0.29, 0.717) is 32.6 Å². The molecule has 0 unspecified atom stereocenters. The average Bonchev–Trinajstić information content (AvgIpc) is 2.40. The Kier molecular flexibility index (Phi) is 8.35. The Bertz CT molecular complexity index is 238. The lowest BCUT2D eigenvalue weighted by molar-refractivity contribution is -0.134. The Balaban J connectivity index is 0.00000121. The summed E-state index contributed by atoms with van der Waals surface area (Å²) in [5, 5.41) is 8.35. The highest BCUT2D eigenvalue weighted by Gasteiger charge is 2.20. The molecule has 2 N–H and O–H groups in total. The van der Waals surface area contributed by atoms with Crippen LogP contribution in [0.25, 0.3) is 0 Å². The van der Waals surface area contributed by atoms with Crippen molar-refractivity contribution in [3.05, 3.63) is 0 Å². The average molecular weight is 245 g/mol. The second kappa shape index (κ2) is 8.95. The fourth-order valence-electron chi connectivity index (χ4n) is 1.62. The lowest BCUT2D eigenvalue weighted by atomic mass is 10.3. The largest absolute Gasteiger partial charge is 0.340 e. The second-order valence-corrected chi connectivity index (χ2v) is 3.55. The standard InChI is InChI=1S/C9H17N3O3.C2H6/c1-2-9(14)12-5-3-11(4-6-12)7-8(13)10-15;1-2/h15H,2-7H2,1H3,(H,10,13);1-2H3. The van der Waals surface area contributed by atoms with Crippen molar-refractivity contribution >= 4 is 11.8 Å². The van der Waals surface area contributed by atoms with Crippen molar-refractivity contribution < 1.29 is 14.8 Å². The van der Waals surface area contributed by atoms with Crippen molar-refractivity contribution in [3.63, 3.8) is 0 Å². The van der Waals surface area contributed by atoms with Crippen LogP contribution in [0.3, 0.4) is 0 Å². The molecule has 0 aliphatic carbocycles. The molecule has 0 radical (unpaired) electrons. The fraction of sp³-hybridized carbons (Fsp3) is 0.818. The van der Waals surface area contributed by atoms with Crippen LogP contribution in [-0.2, 0) is 9.59 Å². The molecule has 1 aliphatic rings. The predicted molar refractivity (Wildman–Crippen MR) is 64.6 cm³/mol. The number of hydroxylamine groups is 1. The molecule has 0 aromatic heterocycles. The number of nitrogens with one attached hydrogen (secondary N) is 1. The summed E-state index contributed by atoms with van der Waals surface area (Å²) in [4.78, 5) is 25.9. The molecule has 100 valence electrons. The Hall–Kier alpha value is -1.14. The first-order valence-corrected chi connectivity index (χ1v) is 6.10. The molecule has 1 aliphatic heterocycles. The number of hydrogen-bond donors (Lipinski definition) is 2. The predicted octanol–water partition coefficient (Wildman–Crippen LogP) is 0.0722. The number of hydrogen-bond acceptors (Lipinski definition) is 4. The van der Waals surface area contributed by atoms with Gasteiger partial charge in [0.05, 0.1) is 6.54 Å². The number of rotatable bonds is 3. The number of piperazine rings is 1. The Morgan fingerprint density at radius 3 is 2.12 bits per heavy atom. The topological polar surface area (TPSA) is 72.9 Å². The van der Waals surface area contributed by atoms with E-state index in [1.54, 1.807) is 10.4 Å². The maximum atomic E-state index is 11.3. The fourth-order valence-corrected chi connectivity index (χ4v) is 1.62. The summed E-state index contributed by atoms with van der Waals surface area (Å²) < 4.78 is 0. The van der Waals surface area contributed by atoms with Gasteiger partial charge in [0, 0.05) is 32.6 Å². The lowest BCUT2D eigenvalue weighted by Gasteiger charge is -2.33. The maximum absolute atomic E-state index is 11.3. The van der Waals surface area contributed by atoms with E-state index in [1.165, 1.54) is 0 Å². The van der Waals surface area contributed by atoms with Gasteiger partial charge in [-0.25, -0.2) is 5.48 Å². The Labute approximate surface area is 103 Å². The van der Waals surface area contributed by atoms with Crippen molar-refractivity contribution in [2.24, 2.45) is 0 Å². The van der Waals surface area contributed by atoms with E-state index in [2.05, 4.69) is 0 Å². The zero-order valence-electron chi connectivity index (χ0n) is 10.9. The molecule has 0 saturated carbocycles. The smallest absolute Gasteiger partial charge is 0.257 e. The van der Waals surface area contributed by atoms with E-state index < -0.39 is 5.91 Å². The van der Waals surface area contributed by atoms with Gasteiger partial charge >= 0.3 is 0 Å². The molecule has 1 saturated heterocycles. The minimum atomic E-state index is -0.412. The van der Waals surface area contributed by atoms with Gasteiger partial charge in [0.2, 0.25) is 5.91 Å². The zero-order chi connectivity index (χ0) is 13.3. The third-order valence-corrected chi connectivity index (χ3v) is 2.52. The molecule has 1 fully saturated rings. The maximum Gasteiger partial charge on any atom is 0.257 e. The molecule has 0 aromatic carbocycles. The van der Waals surface area contributed by atoms with Crippen molar-refractivity contribution in [2.45, 2.75) is 27.2 Å². The normalized spacial score (nSPS) is 15.9. The highest BCUT2D eigenvalue weighted by atomic mass is 16.5. The zero-order valence-corrected chi connectivity index (χ0v) is 10.9. The van der Waals surface area contributed by atoms with Gasteiger partial charge in [-0.1, -0.05) is 20.8 Å². The van der Waals surface area contributed by atoms with Crippen molar-refractivity contribution in [2.75, 3.05) is 32.7 Å². The van der Waals surface area contributed by atoms with Crippen LogP contribution >= 0.6 is 0 Å². The van der Waals surface area contributed by atoms with Gasteiger partial charge in [0.25, 0.3) is 5.91 Å². The first-order valence-electron chi connectivity index (χ1n) is 6.10. The van der Waals surface area contributed by atoms with Crippen LogP contribution in [0, 0.1) is 0 Å². The SMILES string of the molecule is CC.CCC(=O)N1CCN(CC(=O)NO)CC1. The summed E-state index contributed by atoms with van der Waals surface area (Å²) in [6, 6.07) is 0. The van der Waals surface area contributed by atoms with E-state index >= 15 is 0 Å². The molecule has 0 atom stereocenters. The molecule has 6 nitrogen and oxygen atoms in total. The molecular formula is C11H23N3O3. The van der Waals surface area contributed by atoms with Crippen LogP contribution in [0.5, 0.6) is 0 Å². The highest BCUT2D eigenvalue weighted by Crippen LogP contribution is 2.02. The Morgan fingerprint density at radius 1 is 1.18 bits per heavy atom. The van der Waals surface area contributed by atoms with Gasteiger partial charge in [0.1, 0.15) is 0 Å². The summed E-state index contributed by atoms with van der Waals surface area (Å²) in [5.74, 6) is -0.258. The van der Waals surface area contributed by atoms with Crippen LogP contribution in [0.2, 0.25) is 0 Å². The number of amides is 2. The molecule has 0 aromatic rings. The van der Waals surface area contributed by atoms with Crippen molar-refractivity contribution in [3.8, 4) is 0 Å². The van der Waals surface area contributed by atoms with E-state index in [-0.39, 0.29) is 12.5 Å². The number of carbonyl (C=O) groups excluding carboxylic acids is 2. The monoisotopic (exact) mass is 245 g/mol. The number of nitrogens with zero attached hydrogens (tertiary/aromatic N) is 2. The summed E-state index contributed by atoms with van der Waals surface area (Å²) in [6.45, 7) is 8.70. The molecule has 1 heterocycles. The molecule has 17 heavy (non-hydrogen) atoms. The molecule has 1 rings (SSSR count). The third-order valence-electron chi connectivity index (χ3n) is 2.52. The molecule has 0 bridgehead atoms. The van der Waals surface area contributed by atoms with Crippen LogP contribution in [0.1, 0.15) is 27.2 Å². The van der Waals surface area contributed by atoms with E-state index in [4.69, 9.17) is 5.21 Å². The minimum Gasteiger partial charge on any atom is -0.340 e. The van der Waals surface area contributed by atoms with Crippen molar-refractivity contribution in [1.29, 1.82) is 0 Å².